The number of anilines is 1. The molecule has 3 aromatic rings. The van der Waals surface area contributed by atoms with Gasteiger partial charge < -0.3 is 10.2 Å². The normalized spacial score (nSPS) is 12.2. The van der Waals surface area contributed by atoms with Crippen LogP contribution in [0.1, 0.15) is 32.8 Å². The van der Waals surface area contributed by atoms with E-state index in [-0.39, 0.29) is 45.4 Å². The van der Waals surface area contributed by atoms with Gasteiger partial charge in [0.25, 0.3) is 10.0 Å². The number of nitrogens with zero attached hydrogens (tertiary/aromatic N) is 2. The van der Waals surface area contributed by atoms with Gasteiger partial charge in [-0.15, -0.1) is 0 Å². The van der Waals surface area contributed by atoms with E-state index >= 15 is 0 Å². The van der Waals surface area contributed by atoms with Gasteiger partial charge in [-0.2, -0.15) is 0 Å². The van der Waals surface area contributed by atoms with Gasteiger partial charge in [0.15, 0.2) is 0 Å². The monoisotopic (exact) mass is 657 g/mol. The van der Waals surface area contributed by atoms with Crippen LogP contribution in [-0.2, 0) is 26.2 Å². The first-order valence-electron chi connectivity index (χ1n) is 12.9. The van der Waals surface area contributed by atoms with Crippen LogP contribution in [0.25, 0.3) is 0 Å². The molecule has 0 spiro atoms. The first-order chi connectivity index (χ1) is 19.3. The maximum atomic E-state index is 14.1. The van der Waals surface area contributed by atoms with E-state index in [2.05, 4.69) is 5.32 Å². The van der Waals surface area contributed by atoms with Crippen molar-refractivity contribution < 1.29 is 18.0 Å². The summed E-state index contributed by atoms with van der Waals surface area (Å²) < 4.78 is 28.7. The zero-order valence-electron chi connectivity index (χ0n) is 22.8. The average Bonchev–Trinajstić information content (AvgIpc) is 2.93. The largest absolute Gasteiger partial charge is 0.354 e. The molecule has 7 nitrogen and oxygen atoms in total. The van der Waals surface area contributed by atoms with E-state index in [0.717, 1.165) is 4.31 Å². The lowest BCUT2D eigenvalue weighted by atomic mass is 10.1. The van der Waals surface area contributed by atoms with Crippen molar-refractivity contribution >= 4 is 73.9 Å². The van der Waals surface area contributed by atoms with E-state index in [9.17, 15) is 18.0 Å². The summed E-state index contributed by atoms with van der Waals surface area (Å²) in [7, 11) is -4.26. The molecule has 12 heteroatoms. The number of benzene rings is 3. The zero-order valence-corrected chi connectivity index (χ0v) is 26.6. The first-order valence-corrected chi connectivity index (χ1v) is 15.8. The molecular formula is C29H31Cl4N3O4S. The lowest BCUT2D eigenvalue weighted by Crippen LogP contribution is -2.52. The van der Waals surface area contributed by atoms with Crippen molar-refractivity contribution in [2.75, 3.05) is 17.4 Å². The first kappa shape index (κ1) is 33.0. The van der Waals surface area contributed by atoms with E-state index in [4.69, 9.17) is 46.4 Å². The minimum Gasteiger partial charge on any atom is -0.354 e. The molecule has 0 aliphatic rings. The molecular weight excluding hydrogens is 628 g/mol. The molecule has 1 N–H and O–H groups in total. The molecule has 0 aliphatic heterocycles. The van der Waals surface area contributed by atoms with Gasteiger partial charge in [0.05, 0.1) is 25.7 Å². The van der Waals surface area contributed by atoms with Crippen molar-refractivity contribution in [1.82, 2.24) is 10.2 Å². The van der Waals surface area contributed by atoms with Crippen LogP contribution in [0.15, 0.2) is 71.6 Å². The number of halogens is 4. The Morgan fingerprint density at radius 1 is 0.878 bits per heavy atom. The maximum Gasteiger partial charge on any atom is 0.264 e. The smallest absolute Gasteiger partial charge is 0.264 e. The molecule has 1 unspecified atom stereocenters. The molecule has 0 fully saturated rings. The molecule has 0 heterocycles. The van der Waals surface area contributed by atoms with Gasteiger partial charge in [-0.05, 0) is 60.4 Å². The van der Waals surface area contributed by atoms with Crippen molar-refractivity contribution in [3.05, 3.63) is 92.4 Å². The second-order valence-electron chi connectivity index (χ2n) is 9.75. The fourth-order valence-electron chi connectivity index (χ4n) is 4.09. The summed E-state index contributed by atoms with van der Waals surface area (Å²) in [5, 5.41) is 3.86. The Morgan fingerprint density at radius 3 is 2.15 bits per heavy atom. The third-order valence-corrected chi connectivity index (χ3v) is 9.25. The van der Waals surface area contributed by atoms with Gasteiger partial charge in [-0.1, -0.05) is 91.4 Å². The molecule has 1 atom stereocenters. The molecule has 3 aromatic carbocycles. The highest BCUT2D eigenvalue weighted by atomic mass is 35.5. The van der Waals surface area contributed by atoms with Crippen LogP contribution in [0, 0.1) is 5.92 Å². The topological polar surface area (TPSA) is 86.8 Å². The van der Waals surface area contributed by atoms with Crippen molar-refractivity contribution in [3.63, 3.8) is 0 Å². The Hall–Kier alpha value is -2.49. The number of carbonyl (C=O) groups is 2. The minimum atomic E-state index is -4.26. The van der Waals surface area contributed by atoms with Crippen molar-refractivity contribution in [2.45, 2.75) is 44.7 Å². The molecule has 41 heavy (non-hydrogen) atoms. The average molecular weight is 659 g/mol. The van der Waals surface area contributed by atoms with Crippen LogP contribution >= 0.6 is 46.4 Å². The van der Waals surface area contributed by atoms with Crippen molar-refractivity contribution in [2.24, 2.45) is 5.92 Å². The van der Waals surface area contributed by atoms with Crippen LogP contribution in [-0.4, -0.2) is 44.3 Å². The molecule has 0 saturated heterocycles. The Morgan fingerprint density at radius 2 is 1.56 bits per heavy atom. The quantitative estimate of drug-likeness (QED) is 0.225. The van der Waals surface area contributed by atoms with Gasteiger partial charge >= 0.3 is 0 Å². The molecule has 0 aliphatic carbocycles. The van der Waals surface area contributed by atoms with Crippen LogP contribution in [0.5, 0.6) is 0 Å². The predicted molar refractivity (Wildman–Crippen MR) is 166 cm³/mol. The minimum absolute atomic E-state index is 0.0170. The summed E-state index contributed by atoms with van der Waals surface area (Å²) in [6.45, 7) is 5.47. The van der Waals surface area contributed by atoms with Gasteiger partial charge in [-0.25, -0.2) is 8.42 Å². The molecule has 220 valence electrons. The van der Waals surface area contributed by atoms with E-state index < -0.39 is 28.5 Å². The van der Waals surface area contributed by atoms with E-state index in [1.165, 1.54) is 35.2 Å². The summed E-state index contributed by atoms with van der Waals surface area (Å²) in [4.78, 5) is 28.7. The van der Waals surface area contributed by atoms with Gasteiger partial charge in [0.1, 0.15) is 12.6 Å². The van der Waals surface area contributed by atoms with Gasteiger partial charge in [0, 0.05) is 18.1 Å². The third-order valence-electron chi connectivity index (χ3n) is 6.20. The Bertz CT molecular complexity index is 1490. The molecule has 0 radical (unpaired) electrons. The summed E-state index contributed by atoms with van der Waals surface area (Å²) in [6, 6.07) is 16.0. The van der Waals surface area contributed by atoms with E-state index in [1.54, 1.807) is 43.3 Å². The fraction of sp³-hybridized carbons (Fsp3) is 0.310. The number of carbonyl (C=O) groups excluding carboxylic acids is 2. The van der Waals surface area contributed by atoms with Crippen LogP contribution in [0.3, 0.4) is 0 Å². The summed E-state index contributed by atoms with van der Waals surface area (Å²) in [5.74, 6) is -0.779. The van der Waals surface area contributed by atoms with Crippen LogP contribution < -0.4 is 9.62 Å². The highest BCUT2D eigenvalue weighted by molar-refractivity contribution is 7.92. The van der Waals surface area contributed by atoms with Crippen LogP contribution in [0.2, 0.25) is 20.1 Å². The molecule has 3 rings (SSSR count). The lowest BCUT2D eigenvalue weighted by Gasteiger charge is -2.33. The van der Waals surface area contributed by atoms with Crippen LogP contribution in [0.4, 0.5) is 5.69 Å². The Balaban J connectivity index is 2.08. The van der Waals surface area contributed by atoms with Gasteiger partial charge in [-0.3, -0.25) is 13.9 Å². The number of sulfonamides is 1. The fourth-order valence-corrected chi connectivity index (χ4v) is 6.43. The standard InChI is InChI=1S/C29H31Cl4N3O4S/c1-4-26(29(38)34-16-19(2)3)35(17-20-10-12-23(31)24(32)14-20)28(37)18-36(27-13-11-21(30)15-25(27)33)41(39,40)22-8-6-5-7-9-22/h5-15,19,26H,4,16-18H2,1-3H3,(H,34,38). The highest BCUT2D eigenvalue weighted by Crippen LogP contribution is 2.33. The molecule has 0 aromatic heterocycles. The Kier molecular flexibility index (Phi) is 11.8. The molecule has 2 amide bonds. The summed E-state index contributed by atoms with van der Waals surface area (Å²) in [6.07, 6.45) is 0.282. The second-order valence-corrected chi connectivity index (χ2v) is 13.3. The molecule has 0 bridgehead atoms. The van der Waals surface area contributed by atoms with Crippen molar-refractivity contribution in [1.29, 1.82) is 0 Å². The van der Waals surface area contributed by atoms with Gasteiger partial charge in [0.2, 0.25) is 11.8 Å². The number of amides is 2. The summed E-state index contributed by atoms with van der Waals surface area (Å²) >= 11 is 24.8. The van der Waals surface area contributed by atoms with E-state index in [1.807, 2.05) is 13.8 Å². The zero-order chi connectivity index (χ0) is 30.3. The number of nitrogens with one attached hydrogen (secondary N) is 1. The summed E-state index contributed by atoms with van der Waals surface area (Å²) in [5.41, 5.74) is 0.685. The van der Waals surface area contributed by atoms with Crippen molar-refractivity contribution in [3.8, 4) is 0 Å². The van der Waals surface area contributed by atoms with E-state index in [0.29, 0.717) is 22.2 Å². The number of rotatable bonds is 12. The highest BCUT2D eigenvalue weighted by Gasteiger charge is 2.34. The Labute approximate surface area is 261 Å². The maximum absolute atomic E-state index is 14.1. The lowest BCUT2D eigenvalue weighted by molar-refractivity contribution is -0.140. The number of hydrogen-bond acceptors (Lipinski definition) is 4. The predicted octanol–water partition coefficient (Wildman–Crippen LogP) is 7.08. The molecule has 0 saturated carbocycles. The number of hydrogen-bond donors (Lipinski definition) is 1. The SMILES string of the molecule is CCC(C(=O)NCC(C)C)N(Cc1ccc(Cl)c(Cl)c1)C(=O)CN(c1ccc(Cl)cc1Cl)S(=O)(=O)c1ccccc1. The second kappa shape index (κ2) is 14.6. The third kappa shape index (κ3) is 8.52.